The molecule has 1 aromatic heterocycles. The smallest absolute Gasteiger partial charge is 0.241 e. The Morgan fingerprint density at radius 2 is 1.94 bits per heavy atom. The fourth-order valence-corrected chi connectivity index (χ4v) is 2.85. The van der Waals surface area contributed by atoms with Crippen molar-refractivity contribution in [2.24, 2.45) is 4.99 Å². The summed E-state index contributed by atoms with van der Waals surface area (Å²) in [6.07, 6.45) is 3.34. The Balaban J connectivity index is 0.00000544. The molecule has 0 radical (unpaired) electrons. The highest BCUT2D eigenvalue weighted by Gasteiger charge is 2.10. The number of ether oxygens (including phenoxy) is 2. The standard InChI is InChI=1S/C24H35N5O3.HI/c1-4-32-17-7-15-26-24(27-18-20-9-11-22(31-3)12-10-20)28-19-23(30)29(2)16-13-21-8-5-6-14-25-21;/h5-6,8-12,14H,4,7,13,15-19H2,1-3H3,(H2,26,27,28);1H. The lowest BCUT2D eigenvalue weighted by molar-refractivity contribution is -0.128. The second-order valence-corrected chi connectivity index (χ2v) is 7.23. The molecule has 0 bridgehead atoms. The summed E-state index contributed by atoms with van der Waals surface area (Å²) in [4.78, 5) is 23.2. The van der Waals surface area contributed by atoms with E-state index in [9.17, 15) is 4.79 Å². The monoisotopic (exact) mass is 569 g/mol. The van der Waals surface area contributed by atoms with Gasteiger partial charge in [-0.1, -0.05) is 18.2 Å². The van der Waals surface area contributed by atoms with E-state index in [1.807, 2.05) is 49.4 Å². The highest BCUT2D eigenvalue weighted by atomic mass is 127. The Bertz CT molecular complexity index is 819. The number of benzene rings is 1. The zero-order valence-electron chi connectivity index (χ0n) is 19.8. The maximum atomic E-state index is 12.6. The molecule has 0 unspecified atom stereocenters. The number of hydrogen-bond donors (Lipinski definition) is 2. The average Bonchev–Trinajstić information content (AvgIpc) is 2.84. The zero-order valence-corrected chi connectivity index (χ0v) is 22.1. The average molecular weight is 569 g/mol. The van der Waals surface area contributed by atoms with Crippen LogP contribution in [0.15, 0.2) is 53.7 Å². The lowest BCUT2D eigenvalue weighted by atomic mass is 10.2. The third-order valence-corrected chi connectivity index (χ3v) is 4.80. The first-order chi connectivity index (χ1) is 15.6. The summed E-state index contributed by atoms with van der Waals surface area (Å²) in [5.41, 5.74) is 2.03. The van der Waals surface area contributed by atoms with E-state index in [2.05, 4.69) is 20.6 Å². The quantitative estimate of drug-likeness (QED) is 0.167. The number of hydrogen-bond acceptors (Lipinski definition) is 5. The van der Waals surface area contributed by atoms with Gasteiger partial charge in [0.15, 0.2) is 5.96 Å². The van der Waals surface area contributed by atoms with Gasteiger partial charge in [-0.3, -0.25) is 9.78 Å². The molecule has 0 aliphatic rings. The van der Waals surface area contributed by atoms with E-state index in [1.165, 1.54) is 0 Å². The number of carbonyl (C=O) groups excluding carboxylic acids is 1. The topological polar surface area (TPSA) is 88.1 Å². The first-order valence-corrected chi connectivity index (χ1v) is 11.0. The number of aromatic nitrogens is 1. The molecule has 0 spiro atoms. The second kappa shape index (κ2) is 17.1. The molecule has 2 rings (SSSR count). The molecule has 9 heteroatoms. The fraction of sp³-hybridized carbons (Fsp3) is 0.458. The maximum absolute atomic E-state index is 12.6. The van der Waals surface area contributed by atoms with E-state index in [4.69, 9.17) is 9.47 Å². The van der Waals surface area contributed by atoms with Crippen LogP contribution in [0.5, 0.6) is 5.75 Å². The van der Waals surface area contributed by atoms with Crippen molar-refractivity contribution in [2.45, 2.75) is 26.3 Å². The van der Waals surface area contributed by atoms with Crippen molar-refractivity contribution in [2.75, 3.05) is 47.0 Å². The summed E-state index contributed by atoms with van der Waals surface area (Å²) < 4.78 is 10.6. The third-order valence-electron chi connectivity index (χ3n) is 4.80. The predicted octanol–water partition coefficient (Wildman–Crippen LogP) is 2.87. The molecule has 0 saturated heterocycles. The number of aliphatic imine (C=N–C) groups is 1. The number of nitrogens with zero attached hydrogens (tertiary/aromatic N) is 3. The molecular formula is C24H36IN5O3. The van der Waals surface area contributed by atoms with Crippen molar-refractivity contribution in [1.82, 2.24) is 20.5 Å². The van der Waals surface area contributed by atoms with Gasteiger partial charge < -0.3 is 25.0 Å². The number of pyridine rings is 1. The molecule has 0 atom stereocenters. The molecule has 0 aliphatic carbocycles. The van der Waals surface area contributed by atoms with Crippen LogP contribution in [-0.4, -0.2) is 68.8 Å². The van der Waals surface area contributed by atoms with Gasteiger partial charge in [-0.25, -0.2) is 4.99 Å². The minimum Gasteiger partial charge on any atom is -0.497 e. The van der Waals surface area contributed by atoms with Crippen LogP contribution in [0.3, 0.4) is 0 Å². The van der Waals surface area contributed by atoms with Crippen molar-refractivity contribution < 1.29 is 14.3 Å². The summed E-state index contributed by atoms with van der Waals surface area (Å²) >= 11 is 0. The van der Waals surface area contributed by atoms with Crippen LogP contribution < -0.4 is 15.4 Å². The number of methoxy groups -OCH3 is 1. The van der Waals surface area contributed by atoms with Crippen LogP contribution in [0.1, 0.15) is 24.6 Å². The van der Waals surface area contributed by atoms with Gasteiger partial charge in [0.1, 0.15) is 5.75 Å². The Morgan fingerprint density at radius 3 is 2.61 bits per heavy atom. The van der Waals surface area contributed by atoms with Crippen molar-refractivity contribution in [3.05, 3.63) is 59.9 Å². The molecule has 0 aliphatic heterocycles. The normalized spacial score (nSPS) is 10.8. The van der Waals surface area contributed by atoms with Crippen LogP contribution in [-0.2, 0) is 22.5 Å². The van der Waals surface area contributed by atoms with Crippen LogP contribution in [0.4, 0.5) is 0 Å². The van der Waals surface area contributed by atoms with E-state index in [-0.39, 0.29) is 36.4 Å². The van der Waals surface area contributed by atoms with Crippen LogP contribution in [0.25, 0.3) is 0 Å². The molecule has 1 heterocycles. The minimum absolute atomic E-state index is 0. The number of nitrogens with one attached hydrogen (secondary N) is 2. The number of guanidine groups is 1. The van der Waals surface area contributed by atoms with Crippen molar-refractivity contribution in [3.8, 4) is 5.75 Å². The zero-order chi connectivity index (χ0) is 23.0. The summed E-state index contributed by atoms with van der Waals surface area (Å²) in [7, 11) is 3.45. The Hall–Kier alpha value is -2.40. The van der Waals surface area contributed by atoms with E-state index < -0.39 is 0 Å². The number of halogens is 1. The molecule has 33 heavy (non-hydrogen) atoms. The van der Waals surface area contributed by atoms with E-state index in [0.717, 1.165) is 29.8 Å². The van der Waals surface area contributed by atoms with E-state index in [1.54, 1.807) is 25.3 Å². The van der Waals surface area contributed by atoms with Crippen molar-refractivity contribution in [3.63, 3.8) is 0 Å². The Kier molecular flexibility index (Phi) is 14.9. The number of amides is 1. The molecule has 0 fully saturated rings. The Morgan fingerprint density at radius 1 is 1.15 bits per heavy atom. The molecule has 8 nitrogen and oxygen atoms in total. The summed E-state index contributed by atoms with van der Waals surface area (Å²) in [6.45, 7) is 5.34. The summed E-state index contributed by atoms with van der Waals surface area (Å²) in [5.74, 6) is 1.41. The van der Waals surface area contributed by atoms with Gasteiger partial charge in [-0.15, -0.1) is 24.0 Å². The molecule has 182 valence electrons. The predicted molar refractivity (Wildman–Crippen MR) is 142 cm³/mol. The van der Waals surface area contributed by atoms with Crippen molar-refractivity contribution >= 4 is 35.8 Å². The van der Waals surface area contributed by atoms with Gasteiger partial charge in [0.2, 0.25) is 5.91 Å². The number of carbonyl (C=O) groups is 1. The van der Waals surface area contributed by atoms with Gasteiger partial charge in [0.25, 0.3) is 0 Å². The largest absolute Gasteiger partial charge is 0.497 e. The first kappa shape index (κ1) is 28.6. The summed E-state index contributed by atoms with van der Waals surface area (Å²) in [5, 5.41) is 6.43. The van der Waals surface area contributed by atoms with Gasteiger partial charge in [-0.2, -0.15) is 0 Å². The van der Waals surface area contributed by atoms with Crippen LogP contribution >= 0.6 is 24.0 Å². The highest BCUT2D eigenvalue weighted by Crippen LogP contribution is 2.11. The first-order valence-electron chi connectivity index (χ1n) is 11.0. The molecule has 1 aromatic carbocycles. The molecule has 1 amide bonds. The van der Waals surface area contributed by atoms with Crippen LogP contribution in [0.2, 0.25) is 0 Å². The molecule has 0 saturated carbocycles. The lowest BCUT2D eigenvalue weighted by Crippen LogP contribution is -2.44. The molecule has 2 aromatic rings. The SMILES string of the molecule is CCOCCCNC(=NCc1ccc(OC)cc1)NCC(=O)N(C)CCc1ccccn1.I. The minimum atomic E-state index is -0.00538. The Labute approximate surface area is 214 Å². The van der Waals surface area contributed by atoms with E-state index >= 15 is 0 Å². The van der Waals surface area contributed by atoms with Gasteiger partial charge in [-0.05, 0) is 43.2 Å². The fourth-order valence-electron chi connectivity index (χ4n) is 2.85. The summed E-state index contributed by atoms with van der Waals surface area (Å²) in [6, 6.07) is 13.6. The van der Waals surface area contributed by atoms with Gasteiger partial charge >= 0.3 is 0 Å². The lowest BCUT2D eigenvalue weighted by Gasteiger charge is -2.19. The third kappa shape index (κ3) is 11.9. The molecular weight excluding hydrogens is 533 g/mol. The van der Waals surface area contributed by atoms with Crippen molar-refractivity contribution in [1.29, 1.82) is 0 Å². The molecule has 2 N–H and O–H groups in total. The van der Waals surface area contributed by atoms with Gasteiger partial charge in [0.05, 0.1) is 20.2 Å². The van der Waals surface area contributed by atoms with Gasteiger partial charge in [0, 0.05) is 51.7 Å². The van der Waals surface area contributed by atoms with Crippen LogP contribution in [0, 0.1) is 0 Å². The highest BCUT2D eigenvalue weighted by molar-refractivity contribution is 14.0. The number of rotatable bonds is 13. The maximum Gasteiger partial charge on any atom is 0.241 e. The number of likely N-dealkylation sites (N-methyl/N-ethyl adjacent to an activating group) is 1. The second-order valence-electron chi connectivity index (χ2n) is 7.23. The van der Waals surface area contributed by atoms with E-state index in [0.29, 0.717) is 38.8 Å².